The van der Waals surface area contributed by atoms with Crippen LogP contribution in [0.25, 0.3) is 0 Å². The number of rotatable bonds is 3. The highest BCUT2D eigenvalue weighted by molar-refractivity contribution is 6.30. The summed E-state index contributed by atoms with van der Waals surface area (Å²) >= 11 is 5.71. The minimum atomic E-state index is 0.753. The van der Waals surface area contributed by atoms with Crippen LogP contribution in [0.2, 0.25) is 5.02 Å². The Kier molecular flexibility index (Phi) is 3.40. The lowest BCUT2D eigenvalue weighted by molar-refractivity contribution is 0.758. The van der Waals surface area contributed by atoms with Crippen molar-refractivity contribution in [2.75, 3.05) is 6.54 Å². The lowest BCUT2D eigenvalue weighted by Gasteiger charge is -2.00. The summed E-state index contributed by atoms with van der Waals surface area (Å²) in [5.74, 6) is 0. The van der Waals surface area contributed by atoms with E-state index < -0.39 is 0 Å². The van der Waals surface area contributed by atoms with Crippen molar-refractivity contribution < 1.29 is 0 Å². The average molecular weight is 169 g/mol. The molecule has 0 fully saturated rings. The smallest absolute Gasteiger partial charge is 0.0406 e. The van der Waals surface area contributed by atoms with Crippen LogP contribution in [0.3, 0.4) is 0 Å². The normalized spacial score (nSPS) is 10.0. The molecule has 0 aliphatic rings. The third kappa shape index (κ3) is 2.91. The van der Waals surface area contributed by atoms with Gasteiger partial charge in [-0.25, -0.2) is 0 Å². The van der Waals surface area contributed by atoms with Crippen LogP contribution in [-0.4, -0.2) is 6.54 Å². The molecule has 0 bridgehead atoms. The van der Waals surface area contributed by atoms with E-state index >= 15 is 0 Å². The lowest BCUT2D eigenvalue weighted by atomic mass is 10.2. The average Bonchev–Trinajstić information content (AvgIpc) is 2.04. The maximum absolute atomic E-state index is 5.71. The first-order valence-electron chi connectivity index (χ1n) is 3.57. The molecule has 0 heterocycles. The van der Waals surface area contributed by atoms with E-state index in [9.17, 15) is 0 Å². The number of hydrogen-bond acceptors (Lipinski definition) is 1. The van der Waals surface area contributed by atoms with Crippen molar-refractivity contribution >= 4 is 11.6 Å². The SMILES string of the molecule is [CH2]CNCc1ccc(Cl)cc1. The quantitative estimate of drug-likeness (QED) is 0.730. The first kappa shape index (κ1) is 8.57. The topological polar surface area (TPSA) is 12.0 Å². The van der Waals surface area contributed by atoms with Gasteiger partial charge in [0.05, 0.1) is 0 Å². The Balaban J connectivity index is 2.52. The predicted molar refractivity (Wildman–Crippen MR) is 48.5 cm³/mol. The van der Waals surface area contributed by atoms with Crippen molar-refractivity contribution in [2.45, 2.75) is 6.54 Å². The molecule has 2 heteroatoms. The van der Waals surface area contributed by atoms with Gasteiger partial charge in [0.2, 0.25) is 0 Å². The molecule has 1 N–H and O–H groups in total. The van der Waals surface area contributed by atoms with Crippen LogP contribution in [0.5, 0.6) is 0 Å². The zero-order chi connectivity index (χ0) is 8.10. The van der Waals surface area contributed by atoms with Crippen LogP contribution in [0.4, 0.5) is 0 Å². The molecule has 0 atom stereocenters. The highest BCUT2D eigenvalue weighted by atomic mass is 35.5. The van der Waals surface area contributed by atoms with Crippen molar-refractivity contribution in [3.05, 3.63) is 41.8 Å². The molecule has 0 saturated carbocycles. The molecule has 0 aliphatic heterocycles. The fraction of sp³-hybridized carbons (Fsp3) is 0.222. The van der Waals surface area contributed by atoms with Gasteiger partial charge in [0, 0.05) is 11.6 Å². The summed E-state index contributed by atoms with van der Waals surface area (Å²) in [5.41, 5.74) is 1.23. The van der Waals surface area contributed by atoms with Crippen LogP contribution in [0.15, 0.2) is 24.3 Å². The largest absolute Gasteiger partial charge is 0.313 e. The summed E-state index contributed by atoms with van der Waals surface area (Å²) in [7, 11) is 0. The highest BCUT2D eigenvalue weighted by Crippen LogP contribution is 2.08. The first-order chi connectivity index (χ1) is 5.33. The third-order valence-electron chi connectivity index (χ3n) is 1.42. The van der Waals surface area contributed by atoms with Gasteiger partial charge in [0.1, 0.15) is 0 Å². The van der Waals surface area contributed by atoms with Crippen LogP contribution >= 0.6 is 11.6 Å². The monoisotopic (exact) mass is 168 g/mol. The number of halogens is 1. The summed E-state index contributed by atoms with van der Waals surface area (Å²) in [4.78, 5) is 0. The molecule has 1 radical (unpaired) electrons. The van der Waals surface area contributed by atoms with Gasteiger partial charge >= 0.3 is 0 Å². The van der Waals surface area contributed by atoms with E-state index in [0.29, 0.717) is 0 Å². The standard InChI is InChI=1S/C9H11ClN/c1-2-11-7-8-3-5-9(10)6-4-8/h3-6,11H,1-2,7H2. The Morgan fingerprint density at radius 3 is 2.45 bits per heavy atom. The second-order valence-electron chi connectivity index (χ2n) is 2.30. The lowest BCUT2D eigenvalue weighted by Crippen LogP contribution is -2.11. The Morgan fingerprint density at radius 1 is 1.27 bits per heavy atom. The summed E-state index contributed by atoms with van der Waals surface area (Å²) in [5, 5.41) is 3.91. The second kappa shape index (κ2) is 4.37. The van der Waals surface area contributed by atoms with E-state index in [4.69, 9.17) is 11.6 Å². The van der Waals surface area contributed by atoms with Gasteiger partial charge in [0.25, 0.3) is 0 Å². The van der Waals surface area contributed by atoms with E-state index in [1.807, 2.05) is 24.3 Å². The zero-order valence-electron chi connectivity index (χ0n) is 6.31. The van der Waals surface area contributed by atoms with Gasteiger partial charge in [-0.1, -0.05) is 23.7 Å². The summed E-state index contributed by atoms with van der Waals surface area (Å²) in [6.45, 7) is 5.30. The fourth-order valence-corrected chi connectivity index (χ4v) is 0.961. The molecule has 0 aliphatic carbocycles. The molecule has 0 aromatic heterocycles. The molecule has 11 heavy (non-hydrogen) atoms. The van der Waals surface area contributed by atoms with Gasteiger partial charge < -0.3 is 5.32 Å². The molecular formula is C9H11ClN. The molecule has 59 valence electrons. The maximum Gasteiger partial charge on any atom is 0.0406 e. The minimum absolute atomic E-state index is 0.753. The van der Waals surface area contributed by atoms with Crippen molar-refractivity contribution in [3.63, 3.8) is 0 Å². The van der Waals surface area contributed by atoms with Crippen molar-refractivity contribution in [1.82, 2.24) is 5.32 Å². The van der Waals surface area contributed by atoms with Crippen LogP contribution in [0.1, 0.15) is 5.56 Å². The number of nitrogens with one attached hydrogen (secondary N) is 1. The van der Waals surface area contributed by atoms with E-state index in [2.05, 4.69) is 12.2 Å². The van der Waals surface area contributed by atoms with Crippen molar-refractivity contribution in [1.29, 1.82) is 0 Å². The minimum Gasteiger partial charge on any atom is -0.313 e. The molecule has 0 spiro atoms. The third-order valence-corrected chi connectivity index (χ3v) is 1.67. The van der Waals surface area contributed by atoms with Gasteiger partial charge in [0.15, 0.2) is 0 Å². The van der Waals surface area contributed by atoms with Gasteiger partial charge in [-0.05, 0) is 31.2 Å². The summed E-state index contributed by atoms with van der Waals surface area (Å²) < 4.78 is 0. The van der Waals surface area contributed by atoms with E-state index in [0.717, 1.165) is 18.1 Å². The number of benzene rings is 1. The zero-order valence-corrected chi connectivity index (χ0v) is 7.06. The van der Waals surface area contributed by atoms with Crippen LogP contribution in [-0.2, 0) is 6.54 Å². The maximum atomic E-state index is 5.71. The Labute approximate surface area is 72.4 Å². The van der Waals surface area contributed by atoms with E-state index in [-0.39, 0.29) is 0 Å². The van der Waals surface area contributed by atoms with Crippen molar-refractivity contribution in [2.24, 2.45) is 0 Å². The highest BCUT2D eigenvalue weighted by Gasteiger charge is 1.89. The van der Waals surface area contributed by atoms with Crippen LogP contribution in [0, 0.1) is 6.92 Å². The Hall–Kier alpha value is -0.530. The molecule has 1 rings (SSSR count). The Morgan fingerprint density at radius 2 is 1.91 bits per heavy atom. The second-order valence-corrected chi connectivity index (χ2v) is 2.74. The van der Waals surface area contributed by atoms with Crippen LogP contribution < -0.4 is 5.32 Å². The molecule has 1 nitrogen and oxygen atoms in total. The fourth-order valence-electron chi connectivity index (χ4n) is 0.835. The summed E-state index contributed by atoms with van der Waals surface area (Å²) in [6, 6.07) is 7.79. The van der Waals surface area contributed by atoms with Crippen molar-refractivity contribution in [3.8, 4) is 0 Å². The molecule has 0 saturated heterocycles. The molecule has 0 amide bonds. The van der Waals surface area contributed by atoms with Gasteiger partial charge in [-0.15, -0.1) is 0 Å². The van der Waals surface area contributed by atoms with E-state index in [1.165, 1.54) is 5.56 Å². The van der Waals surface area contributed by atoms with Gasteiger partial charge in [-0.3, -0.25) is 0 Å². The first-order valence-corrected chi connectivity index (χ1v) is 3.95. The predicted octanol–water partition coefficient (Wildman–Crippen LogP) is 2.26. The summed E-state index contributed by atoms with van der Waals surface area (Å²) in [6.07, 6.45) is 0. The van der Waals surface area contributed by atoms with Gasteiger partial charge in [-0.2, -0.15) is 0 Å². The Bertz CT molecular complexity index is 205. The number of hydrogen-bond donors (Lipinski definition) is 1. The molecule has 1 aromatic carbocycles. The molecular weight excluding hydrogens is 158 g/mol. The molecule has 0 unspecified atom stereocenters. The molecule has 1 aromatic rings. The van der Waals surface area contributed by atoms with E-state index in [1.54, 1.807) is 0 Å².